The van der Waals surface area contributed by atoms with Crippen LogP contribution in [0.25, 0.3) is 0 Å². The summed E-state index contributed by atoms with van der Waals surface area (Å²) < 4.78 is 0. The maximum absolute atomic E-state index is 4.41. The summed E-state index contributed by atoms with van der Waals surface area (Å²) in [5, 5.41) is 0. The summed E-state index contributed by atoms with van der Waals surface area (Å²) in [7, 11) is 0. The van der Waals surface area contributed by atoms with Gasteiger partial charge in [-0.05, 0) is 36.5 Å². The van der Waals surface area contributed by atoms with Crippen molar-refractivity contribution in [3.05, 3.63) is 12.2 Å². The number of rotatable bonds is 11. The van der Waals surface area contributed by atoms with Crippen molar-refractivity contribution >= 4 is 0 Å². The van der Waals surface area contributed by atoms with Crippen LogP contribution in [0.5, 0.6) is 0 Å². The molecule has 4 unspecified atom stereocenters. The molecule has 0 N–H and O–H groups in total. The Morgan fingerprint density at radius 3 is 2.32 bits per heavy atom. The van der Waals surface area contributed by atoms with Crippen molar-refractivity contribution < 1.29 is 0 Å². The van der Waals surface area contributed by atoms with Gasteiger partial charge in [0.15, 0.2) is 0 Å². The lowest BCUT2D eigenvalue weighted by atomic mass is 9.90. The molecule has 1 saturated carbocycles. The zero-order chi connectivity index (χ0) is 14.3. The lowest BCUT2D eigenvalue weighted by molar-refractivity contribution is 0.453. The third kappa shape index (κ3) is 5.71. The molecule has 1 rings (SSSR count). The predicted molar refractivity (Wildman–Crippen MR) is 87.3 cm³/mol. The largest absolute Gasteiger partial charge is 0.0993 e. The highest BCUT2D eigenvalue weighted by atomic mass is 14.5. The quantitative estimate of drug-likeness (QED) is 0.291. The highest BCUT2D eigenvalue weighted by Gasteiger charge is 2.42. The van der Waals surface area contributed by atoms with Crippen molar-refractivity contribution in [3.8, 4) is 0 Å². The third-order valence-electron chi connectivity index (χ3n) is 5.31. The molecule has 1 aliphatic rings. The Bertz CT molecular complexity index is 253. The second-order valence-corrected chi connectivity index (χ2v) is 6.92. The lowest BCUT2D eigenvalue weighted by Gasteiger charge is -2.16. The Kier molecular flexibility index (Phi) is 7.80. The van der Waals surface area contributed by atoms with Crippen molar-refractivity contribution in [1.29, 1.82) is 0 Å². The van der Waals surface area contributed by atoms with Gasteiger partial charge in [0.25, 0.3) is 0 Å². The van der Waals surface area contributed by atoms with Crippen molar-refractivity contribution in [2.45, 2.75) is 85.5 Å². The summed E-state index contributed by atoms with van der Waals surface area (Å²) in [5.41, 5.74) is 1.57. The van der Waals surface area contributed by atoms with Crippen molar-refractivity contribution in [2.24, 2.45) is 23.7 Å². The van der Waals surface area contributed by atoms with Gasteiger partial charge in [-0.15, -0.1) is 0 Å². The Morgan fingerprint density at radius 1 is 1.05 bits per heavy atom. The van der Waals surface area contributed by atoms with E-state index in [4.69, 9.17) is 0 Å². The van der Waals surface area contributed by atoms with Gasteiger partial charge in [-0.2, -0.15) is 0 Å². The van der Waals surface area contributed by atoms with Crippen molar-refractivity contribution in [2.75, 3.05) is 0 Å². The van der Waals surface area contributed by atoms with Crippen LogP contribution >= 0.6 is 0 Å². The Labute approximate surface area is 122 Å². The Morgan fingerprint density at radius 2 is 1.68 bits per heavy atom. The van der Waals surface area contributed by atoms with Gasteiger partial charge >= 0.3 is 0 Å². The molecular weight excluding hydrogens is 228 g/mol. The minimum absolute atomic E-state index is 0.755. The minimum atomic E-state index is 0.755. The van der Waals surface area contributed by atoms with Crippen LogP contribution in [-0.2, 0) is 0 Å². The molecule has 0 heterocycles. The zero-order valence-electron chi connectivity index (χ0n) is 13.9. The molecule has 0 radical (unpaired) electrons. The summed E-state index contributed by atoms with van der Waals surface area (Å²) >= 11 is 0. The van der Waals surface area contributed by atoms with Crippen LogP contribution in [0.1, 0.15) is 85.5 Å². The first-order valence-electron chi connectivity index (χ1n) is 8.80. The van der Waals surface area contributed by atoms with E-state index < -0.39 is 0 Å². The van der Waals surface area contributed by atoms with E-state index in [0.29, 0.717) is 0 Å². The molecule has 0 heteroatoms. The second kappa shape index (κ2) is 8.82. The molecule has 0 aromatic rings. The second-order valence-electron chi connectivity index (χ2n) is 6.92. The molecule has 0 saturated heterocycles. The average molecular weight is 264 g/mol. The molecule has 0 spiro atoms. The maximum atomic E-state index is 4.41. The van der Waals surface area contributed by atoms with Gasteiger partial charge in [0.05, 0.1) is 0 Å². The number of allylic oxidation sites excluding steroid dienone is 1. The van der Waals surface area contributed by atoms with Gasteiger partial charge in [-0.1, -0.05) is 84.8 Å². The van der Waals surface area contributed by atoms with Gasteiger partial charge in [0.2, 0.25) is 0 Å². The molecule has 0 bridgehead atoms. The Hall–Kier alpha value is -0.260. The van der Waals surface area contributed by atoms with E-state index >= 15 is 0 Å². The van der Waals surface area contributed by atoms with Crippen LogP contribution in [0.3, 0.4) is 0 Å². The highest BCUT2D eigenvalue weighted by Crippen LogP contribution is 2.51. The normalized spacial score (nSPS) is 25.1. The third-order valence-corrected chi connectivity index (χ3v) is 5.31. The van der Waals surface area contributed by atoms with Gasteiger partial charge in [0.1, 0.15) is 0 Å². The van der Waals surface area contributed by atoms with E-state index in [0.717, 1.165) is 23.7 Å². The van der Waals surface area contributed by atoms with Crippen molar-refractivity contribution in [3.63, 3.8) is 0 Å². The first kappa shape index (κ1) is 16.8. The molecule has 1 fully saturated rings. The van der Waals surface area contributed by atoms with E-state index in [2.05, 4.69) is 34.3 Å². The molecule has 0 nitrogen and oxygen atoms in total. The molecule has 112 valence electrons. The van der Waals surface area contributed by atoms with Crippen molar-refractivity contribution in [1.82, 2.24) is 0 Å². The summed E-state index contributed by atoms with van der Waals surface area (Å²) in [5.74, 6) is 3.49. The van der Waals surface area contributed by atoms with E-state index in [1.165, 1.54) is 57.8 Å². The first-order chi connectivity index (χ1) is 9.11. The fourth-order valence-corrected chi connectivity index (χ4v) is 3.35. The summed E-state index contributed by atoms with van der Waals surface area (Å²) in [6.07, 6.45) is 12.6. The lowest BCUT2D eigenvalue weighted by Crippen LogP contribution is -2.04. The fourth-order valence-electron chi connectivity index (χ4n) is 3.35. The van der Waals surface area contributed by atoms with Crippen LogP contribution in [0, 0.1) is 23.7 Å². The van der Waals surface area contributed by atoms with Gasteiger partial charge < -0.3 is 0 Å². The van der Waals surface area contributed by atoms with Crippen LogP contribution < -0.4 is 0 Å². The smallest absolute Gasteiger partial charge is 0.0169 e. The summed E-state index contributed by atoms with van der Waals surface area (Å²) in [6, 6.07) is 0. The van der Waals surface area contributed by atoms with Crippen LogP contribution in [0.4, 0.5) is 0 Å². The van der Waals surface area contributed by atoms with Gasteiger partial charge in [-0.25, -0.2) is 0 Å². The van der Waals surface area contributed by atoms with Crippen LogP contribution in [-0.4, -0.2) is 0 Å². The molecule has 0 amide bonds. The fraction of sp³-hybridized carbons (Fsp3) is 0.895. The average Bonchev–Trinajstić information content (AvgIpc) is 3.21. The topological polar surface area (TPSA) is 0 Å². The first-order valence-corrected chi connectivity index (χ1v) is 8.80. The molecular formula is C19H36. The van der Waals surface area contributed by atoms with Gasteiger partial charge in [0, 0.05) is 0 Å². The zero-order valence-corrected chi connectivity index (χ0v) is 13.9. The monoisotopic (exact) mass is 264 g/mol. The molecule has 0 aliphatic heterocycles. The summed E-state index contributed by atoms with van der Waals surface area (Å²) in [4.78, 5) is 0. The van der Waals surface area contributed by atoms with E-state index in [-0.39, 0.29) is 0 Å². The molecule has 1 aliphatic carbocycles. The SMILES string of the molecule is C=C(C(C)CCCCCCCC)C1CC1C(C)CC. The molecule has 4 atom stereocenters. The van der Waals surface area contributed by atoms with E-state index in [1.54, 1.807) is 5.57 Å². The minimum Gasteiger partial charge on any atom is -0.0993 e. The van der Waals surface area contributed by atoms with Gasteiger partial charge in [-0.3, -0.25) is 0 Å². The molecule has 0 aromatic carbocycles. The van der Waals surface area contributed by atoms with E-state index in [1.807, 2.05) is 0 Å². The highest BCUT2D eigenvalue weighted by molar-refractivity contribution is 5.15. The number of unbranched alkanes of at least 4 members (excludes halogenated alkanes) is 5. The standard InChI is InChI=1S/C19H36/c1-6-8-9-10-11-12-13-16(4)17(5)19-14-18(19)15(3)7-2/h15-16,18-19H,5-14H2,1-4H3. The number of hydrogen-bond acceptors (Lipinski definition) is 0. The predicted octanol–water partition coefficient (Wildman–Crippen LogP) is 6.61. The van der Waals surface area contributed by atoms with Crippen LogP contribution in [0.2, 0.25) is 0 Å². The Balaban J connectivity index is 2.10. The maximum Gasteiger partial charge on any atom is -0.0169 e. The number of hydrogen-bond donors (Lipinski definition) is 0. The summed E-state index contributed by atoms with van der Waals surface area (Å²) in [6.45, 7) is 13.8. The molecule has 0 aromatic heterocycles. The molecule has 19 heavy (non-hydrogen) atoms. The van der Waals surface area contributed by atoms with Crippen LogP contribution in [0.15, 0.2) is 12.2 Å². The van der Waals surface area contributed by atoms with E-state index in [9.17, 15) is 0 Å².